The molecule has 7 nitrogen and oxygen atoms in total. The number of carboxylic acid groups (broad SMARTS) is 1. The van der Waals surface area contributed by atoms with Gasteiger partial charge in [0.1, 0.15) is 24.1 Å². The Balaban J connectivity index is 1.57. The van der Waals surface area contributed by atoms with Crippen LogP contribution in [0, 0.1) is 0 Å². The van der Waals surface area contributed by atoms with Gasteiger partial charge in [0.15, 0.2) is 6.10 Å². The Labute approximate surface area is 186 Å². The summed E-state index contributed by atoms with van der Waals surface area (Å²) in [7, 11) is 0. The van der Waals surface area contributed by atoms with Gasteiger partial charge >= 0.3 is 5.97 Å². The highest BCUT2D eigenvalue weighted by molar-refractivity contribution is 5.82. The lowest BCUT2D eigenvalue weighted by Crippen LogP contribution is -2.61. The maximum atomic E-state index is 11.3. The molecule has 7 heteroatoms. The van der Waals surface area contributed by atoms with Crippen molar-refractivity contribution in [3.8, 4) is 5.75 Å². The number of aliphatic hydroxyl groups excluding tert-OH is 3. The highest BCUT2D eigenvalue weighted by Gasteiger charge is 2.48. The molecule has 1 saturated heterocycles. The summed E-state index contributed by atoms with van der Waals surface area (Å²) in [6, 6.07) is 17.6. The predicted molar refractivity (Wildman–Crippen MR) is 117 cm³/mol. The van der Waals surface area contributed by atoms with Crippen molar-refractivity contribution in [2.45, 2.75) is 62.8 Å². The Morgan fingerprint density at radius 3 is 2.06 bits per heavy atom. The summed E-state index contributed by atoms with van der Waals surface area (Å²) in [5.41, 5.74) is 4.86. The summed E-state index contributed by atoms with van der Waals surface area (Å²) in [4.78, 5) is 11.3. The van der Waals surface area contributed by atoms with Crippen LogP contribution >= 0.6 is 0 Å². The zero-order valence-electron chi connectivity index (χ0n) is 17.6. The lowest BCUT2D eigenvalue weighted by molar-refractivity contribution is -0.271. The Morgan fingerprint density at radius 1 is 0.812 bits per heavy atom. The lowest BCUT2D eigenvalue weighted by atomic mass is 9.85. The van der Waals surface area contributed by atoms with Crippen LogP contribution in [0.4, 0.5) is 0 Å². The van der Waals surface area contributed by atoms with E-state index in [-0.39, 0.29) is 0 Å². The Hall–Kier alpha value is -2.71. The third kappa shape index (κ3) is 4.71. The minimum Gasteiger partial charge on any atom is -0.479 e. The molecule has 0 unspecified atom stereocenters. The molecule has 0 bridgehead atoms. The fourth-order valence-corrected chi connectivity index (χ4v) is 4.39. The van der Waals surface area contributed by atoms with E-state index in [1.54, 1.807) is 12.1 Å². The smallest absolute Gasteiger partial charge is 0.335 e. The quantitative estimate of drug-likeness (QED) is 0.565. The molecule has 2 aliphatic rings. The van der Waals surface area contributed by atoms with E-state index in [0.29, 0.717) is 5.75 Å². The fourth-order valence-electron chi connectivity index (χ4n) is 4.39. The third-order valence-electron chi connectivity index (χ3n) is 6.08. The molecule has 4 N–H and O–H groups in total. The molecule has 5 atom stereocenters. The molecule has 170 valence electrons. The molecule has 4 rings (SSSR count). The van der Waals surface area contributed by atoms with Crippen LogP contribution in [0.2, 0.25) is 0 Å². The van der Waals surface area contributed by atoms with Gasteiger partial charge in [0.2, 0.25) is 6.29 Å². The SMILES string of the molecule is O=C(O)[C@H]1O[C@@H](Oc2ccc(C(=C3CCCCC3)c3ccccc3)cc2)[C@H](O)[C@@H](O)[C@@H]1O. The Kier molecular flexibility index (Phi) is 6.91. The molecule has 0 spiro atoms. The van der Waals surface area contributed by atoms with Crippen molar-refractivity contribution in [3.05, 3.63) is 71.3 Å². The number of carbonyl (C=O) groups is 1. The number of hydrogen-bond acceptors (Lipinski definition) is 6. The van der Waals surface area contributed by atoms with Gasteiger partial charge in [0, 0.05) is 0 Å². The van der Waals surface area contributed by atoms with Crippen LogP contribution < -0.4 is 4.74 Å². The molecular formula is C25H28O7. The summed E-state index contributed by atoms with van der Waals surface area (Å²) >= 11 is 0. The van der Waals surface area contributed by atoms with Gasteiger partial charge in [-0.25, -0.2) is 4.79 Å². The van der Waals surface area contributed by atoms with E-state index in [2.05, 4.69) is 12.1 Å². The highest BCUT2D eigenvalue weighted by atomic mass is 16.7. The molecular weight excluding hydrogens is 412 g/mol. The molecule has 2 aromatic rings. The third-order valence-corrected chi connectivity index (χ3v) is 6.08. The minimum absolute atomic E-state index is 0.353. The fraction of sp³-hybridized carbons (Fsp3) is 0.400. The van der Waals surface area contributed by atoms with Crippen LogP contribution in [0.25, 0.3) is 5.57 Å². The molecule has 2 fully saturated rings. The second-order valence-electron chi connectivity index (χ2n) is 8.28. The number of ether oxygens (including phenoxy) is 2. The molecule has 2 aromatic carbocycles. The number of allylic oxidation sites excluding steroid dienone is 1. The van der Waals surface area contributed by atoms with Gasteiger partial charge in [-0.15, -0.1) is 0 Å². The average Bonchev–Trinajstić information content (AvgIpc) is 2.82. The number of benzene rings is 2. The van der Waals surface area contributed by atoms with Crippen LogP contribution in [0.1, 0.15) is 43.2 Å². The Bertz CT molecular complexity index is 946. The summed E-state index contributed by atoms with van der Waals surface area (Å²) in [6.45, 7) is 0. The van der Waals surface area contributed by atoms with E-state index >= 15 is 0 Å². The van der Waals surface area contributed by atoms with Crippen molar-refractivity contribution < 1.29 is 34.7 Å². The first-order valence-electron chi connectivity index (χ1n) is 10.9. The first-order chi connectivity index (χ1) is 15.5. The van der Waals surface area contributed by atoms with Gasteiger partial charge < -0.3 is 29.9 Å². The van der Waals surface area contributed by atoms with Crippen LogP contribution in [-0.2, 0) is 9.53 Å². The van der Waals surface area contributed by atoms with Crippen LogP contribution in [0.15, 0.2) is 60.2 Å². The maximum Gasteiger partial charge on any atom is 0.335 e. The summed E-state index contributed by atoms with van der Waals surface area (Å²) < 4.78 is 10.8. The molecule has 1 aliphatic heterocycles. The molecule has 32 heavy (non-hydrogen) atoms. The number of rotatable bonds is 5. The molecule has 1 heterocycles. The van der Waals surface area contributed by atoms with E-state index in [1.165, 1.54) is 30.4 Å². The van der Waals surface area contributed by atoms with Gasteiger partial charge in [-0.1, -0.05) is 54.5 Å². The highest BCUT2D eigenvalue weighted by Crippen LogP contribution is 2.35. The van der Waals surface area contributed by atoms with Crippen LogP contribution in [0.5, 0.6) is 5.75 Å². The van der Waals surface area contributed by atoms with E-state index in [1.807, 2.05) is 30.3 Å². The largest absolute Gasteiger partial charge is 0.479 e. The second kappa shape index (κ2) is 9.83. The van der Waals surface area contributed by atoms with Gasteiger partial charge in [-0.05, 0) is 54.5 Å². The Morgan fingerprint density at radius 2 is 1.44 bits per heavy atom. The monoisotopic (exact) mass is 440 g/mol. The summed E-state index contributed by atoms with van der Waals surface area (Å²) in [6.07, 6.45) is -2.41. The minimum atomic E-state index is -1.75. The van der Waals surface area contributed by atoms with Crippen LogP contribution in [-0.4, -0.2) is 57.1 Å². The van der Waals surface area contributed by atoms with Gasteiger partial charge in [-0.2, -0.15) is 0 Å². The maximum absolute atomic E-state index is 11.3. The molecule has 1 saturated carbocycles. The molecule has 0 radical (unpaired) electrons. The summed E-state index contributed by atoms with van der Waals surface area (Å²) in [5.74, 6) is -1.09. The first kappa shape index (κ1) is 22.5. The van der Waals surface area contributed by atoms with E-state index in [9.17, 15) is 25.2 Å². The van der Waals surface area contributed by atoms with Crippen molar-refractivity contribution in [1.82, 2.24) is 0 Å². The van der Waals surface area contributed by atoms with E-state index in [0.717, 1.165) is 24.0 Å². The van der Waals surface area contributed by atoms with Crippen LogP contribution in [0.3, 0.4) is 0 Å². The lowest BCUT2D eigenvalue weighted by Gasteiger charge is -2.38. The number of aliphatic carboxylic acids is 1. The van der Waals surface area contributed by atoms with Gasteiger partial charge in [0.05, 0.1) is 0 Å². The van der Waals surface area contributed by atoms with E-state index < -0.39 is 36.7 Å². The zero-order chi connectivity index (χ0) is 22.7. The van der Waals surface area contributed by atoms with Crippen molar-refractivity contribution in [3.63, 3.8) is 0 Å². The summed E-state index contributed by atoms with van der Waals surface area (Å²) in [5, 5.41) is 39.1. The normalized spacial score (nSPS) is 28.2. The van der Waals surface area contributed by atoms with E-state index in [4.69, 9.17) is 9.47 Å². The molecule has 1 aliphatic carbocycles. The number of aliphatic hydroxyl groups is 3. The van der Waals surface area contributed by atoms with Gasteiger partial charge in [-0.3, -0.25) is 0 Å². The zero-order valence-corrected chi connectivity index (χ0v) is 17.6. The van der Waals surface area contributed by atoms with Gasteiger partial charge in [0.25, 0.3) is 0 Å². The average molecular weight is 440 g/mol. The number of hydrogen-bond donors (Lipinski definition) is 4. The predicted octanol–water partition coefficient (Wildman–Crippen LogP) is 2.72. The van der Waals surface area contributed by atoms with Crippen molar-refractivity contribution >= 4 is 11.5 Å². The number of carboxylic acids is 1. The topological polar surface area (TPSA) is 116 Å². The molecule has 0 aromatic heterocycles. The molecule has 0 amide bonds. The first-order valence-corrected chi connectivity index (χ1v) is 10.9. The van der Waals surface area contributed by atoms with Crippen molar-refractivity contribution in [2.75, 3.05) is 0 Å². The standard InChI is InChI=1S/C25H28O7/c26-20-21(27)23(24(29)30)32-25(22(20)28)31-18-13-11-17(12-14-18)19(15-7-3-1-4-8-15)16-9-5-2-6-10-16/h1,3-4,7-8,11-14,20-23,25-28H,2,5-6,9-10H2,(H,29,30)/t20-,21-,22+,23-,25+/m0/s1. The van der Waals surface area contributed by atoms with Crippen molar-refractivity contribution in [1.29, 1.82) is 0 Å². The second-order valence-corrected chi connectivity index (χ2v) is 8.28. The van der Waals surface area contributed by atoms with Crippen molar-refractivity contribution in [2.24, 2.45) is 0 Å².